The molecule has 0 atom stereocenters. The maximum absolute atomic E-state index is 12.0. The molecule has 29 heavy (non-hydrogen) atoms. The number of carbonyl (C=O) groups excluding carboxylic acids is 4. The number of rotatable bonds is 13. The van der Waals surface area contributed by atoms with Gasteiger partial charge in [-0.25, -0.2) is 0 Å². The number of quaternary nitrogens is 1. The molecule has 0 bridgehead atoms. The van der Waals surface area contributed by atoms with Crippen LogP contribution in [0.25, 0.3) is 0 Å². The Morgan fingerprint density at radius 3 is 2.10 bits per heavy atom. The number of amides is 2. The third-order valence-corrected chi connectivity index (χ3v) is 4.29. The largest absolute Gasteiger partial charge is 0.350 e. The second kappa shape index (κ2) is 12.1. The fourth-order valence-corrected chi connectivity index (χ4v) is 2.66. The average Bonchev–Trinajstić information content (AvgIpc) is 2.59. The lowest BCUT2D eigenvalue weighted by Crippen LogP contribution is -2.41. The van der Waals surface area contributed by atoms with E-state index in [1.165, 1.54) is 6.92 Å². The van der Waals surface area contributed by atoms with Gasteiger partial charge in [-0.2, -0.15) is 0 Å². The second-order valence-corrected chi connectivity index (χ2v) is 8.38. The van der Waals surface area contributed by atoms with Crippen molar-refractivity contribution in [1.82, 2.24) is 5.32 Å². The molecule has 1 rings (SSSR count). The molecule has 160 valence electrons. The zero-order valence-corrected chi connectivity index (χ0v) is 18.0. The lowest BCUT2D eigenvalue weighted by molar-refractivity contribution is -0.869. The third kappa shape index (κ3) is 12.5. The molecule has 0 unspecified atom stereocenters. The highest BCUT2D eigenvalue weighted by Crippen LogP contribution is 2.12. The summed E-state index contributed by atoms with van der Waals surface area (Å²) in [5, 5.41) is 5.68. The molecule has 0 fully saturated rings. The summed E-state index contributed by atoms with van der Waals surface area (Å²) < 4.78 is 0.788. The lowest BCUT2D eigenvalue weighted by atomic mass is 10.0. The van der Waals surface area contributed by atoms with E-state index in [1.54, 1.807) is 12.1 Å². The van der Waals surface area contributed by atoms with Crippen LogP contribution in [0.3, 0.4) is 0 Å². The maximum atomic E-state index is 12.0. The Labute approximate surface area is 173 Å². The smallest absolute Gasteiger partial charge is 0.224 e. The van der Waals surface area contributed by atoms with E-state index in [1.807, 2.05) is 12.1 Å². The normalized spacial score (nSPS) is 11.0. The fourth-order valence-electron chi connectivity index (χ4n) is 2.66. The van der Waals surface area contributed by atoms with E-state index in [0.29, 0.717) is 37.9 Å². The van der Waals surface area contributed by atoms with Crippen molar-refractivity contribution in [3.05, 3.63) is 29.8 Å². The van der Waals surface area contributed by atoms with E-state index in [0.717, 1.165) is 16.6 Å². The van der Waals surface area contributed by atoms with Gasteiger partial charge in [0.25, 0.3) is 0 Å². The van der Waals surface area contributed by atoms with Gasteiger partial charge in [0.2, 0.25) is 11.8 Å². The molecule has 0 aliphatic carbocycles. The van der Waals surface area contributed by atoms with Crippen LogP contribution in [0, 0.1) is 0 Å². The van der Waals surface area contributed by atoms with E-state index in [-0.39, 0.29) is 36.2 Å². The topological polar surface area (TPSA) is 92.3 Å². The summed E-state index contributed by atoms with van der Waals surface area (Å²) in [6, 6.07) is 7.30. The molecule has 0 saturated carbocycles. The van der Waals surface area contributed by atoms with E-state index in [4.69, 9.17) is 0 Å². The van der Waals surface area contributed by atoms with Crippen molar-refractivity contribution in [3.8, 4) is 0 Å². The minimum absolute atomic E-state index is 0.0119. The van der Waals surface area contributed by atoms with Gasteiger partial charge in [0, 0.05) is 24.9 Å². The molecule has 2 N–H and O–H groups in total. The molecule has 0 spiro atoms. The van der Waals surface area contributed by atoms with E-state index in [2.05, 4.69) is 31.8 Å². The summed E-state index contributed by atoms with van der Waals surface area (Å²) in [4.78, 5) is 46.3. The molecule has 0 heterocycles. The van der Waals surface area contributed by atoms with Gasteiger partial charge in [0.15, 0.2) is 0 Å². The number of aryl methyl sites for hydroxylation is 1. The molecule has 2 amide bonds. The number of Topliss-reactive ketones (excluding diaryl/α,β-unsaturated/α-hetero) is 2. The molecule has 0 radical (unpaired) electrons. The SMILES string of the molecule is CC(=O)CC(=O)CCc1ccc(NC(=O)CCCC(=O)NCC[N+](C)(C)C)cc1. The highest BCUT2D eigenvalue weighted by atomic mass is 16.2. The molecule has 0 aliphatic heterocycles. The first-order valence-corrected chi connectivity index (χ1v) is 10.0. The highest BCUT2D eigenvalue weighted by Gasteiger charge is 2.09. The standard InChI is InChI=1S/C22H33N3O4/c1-17(26)16-20(27)13-10-18-8-11-19(12-9-18)24-22(29)7-5-6-21(28)23-14-15-25(2,3)4/h8-9,11-12H,5-7,10,13-16H2,1-4H3,(H-,23,24,28,29)/p+1. The fraction of sp³-hybridized carbons (Fsp3) is 0.545. The zero-order valence-electron chi connectivity index (χ0n) is 18.0. The van der Waals surface area contributed by atoms with Gasteiger partial charge in [0.05, 0.1) is 40.7 Å². The van der Waals surface area contributed by atoms with Gasteiger partial charge in [0.1, 0.15) is 11.6 Å². The van der Waals surface area contributed by atoms with Crippen molar-refractivity contribution < 1.29 is 23.7 Å². The molecule has 1 aromatic carbocycles. The van der Waals surface area contributed by atoms with Crippen molar-refractivity contribution in [2.75, 3.05) is 39.5 Å². The van der Waals surface area contributed by atoms with E-state index < -0.39 is 0 Å². The summed E-state index contributed by atoms with van der Waals surface area (Å²) >= 11 is 0. The number of ketones is 2. The summed E-state index contributed by atoms with van der Waals surface area (Å²) in [6.45, 7) is 2.89. The summed E-state index contributed by atoms with van der Waals surface area (Å²) in [5.74, 6) is -0.338. The van der Waals surface area contributed by atoms with Crippen LogP contribution in [-0.4, -0.2) is 62.1 Å². The minimum Gasteiger partial charge on any atom is -0.350 e. The Balaban J connectivity index is 2.26. The molecule has 1 aromatic rings. The van der Waals surface area contributed by atoms with Crippen LogP contribution in [0.5, 0.6) is 0 Å². The Morgan fingerprint density at radius 2 is 1.52 bits per heavy atom. The minimum atomic E-state index is -0.131. The van der Waals surface area contributed by atoms with Gasteiger partial charge >= 0.3 is 0 Å². The Hall–Kier alpha value is -2.54. The number of benzene rings is 1. The van der Waals surface area contributed by atoms with Crippen LogP contribution in [0.15, 0.2) is 24.3 Å². The van der Waals surface area contributed by atoms with Crippen molar-refractivity contribution >= 4 is 29.1 Å². The quantitative estimate of drug-likeness (QED) is 0.389. The highest BCUT2D eigenvalue weighted by molar-refractivity contribution is 5.98. The molecular weight excluding hydrogens is 370 g/mol. The first-order chi connectivity index (χ1) is 13.5. The molecular formula is C22H34N3O4+. The van der Waals surface area contributed by atoms with Crippen molar-refractivity contribution in [3.63, 3.8) is 0 Å². The average molecular weight is 405 g/mol. The number of carbonyl (C=O) groups is 4. The number of hydrogen-bond donors (Lipinski definition) is 2. The van der Waals surface area contributed by atoms with Gasteiger partial charge in [-0.15, -0.1) is 0 Å². The van der Waals surface area contributed by atoms with Crippen LogP contribution in [-0.2, 0) is 25.6 Å². The van der Waals surface area contributed by atoms with Crippen LogP contribution in [0.2, 0.25) is 0 Å². The Kier molecular flexibility index (Phi) is 10.2. The van der Waals surface area contributed by atoms with E-state index >= 15 is 0 Å². The molecule has 0 aliphatic rings. The third-order valence-electron chi connectivity index (χ3n) is 4.29. The Bertz CT molecular complexity index is 706. The summed E-state index contributed by atoms with van der Waals surface area (Å²) in [6.07, 6.45) is 2.01. The van der Waals surface area contributed by atoms with Gasteiger partial charge < -0.3 is 15.1 Å². The van der Waals surface area contributed by atoms with E-state index in [9.17, 15) is 19.2 Å². The van der Waals surface area contributed by atoms with Crippen molar-refractivity contribution in [2.24, 2.45) is 0 Å². The number of anilines is 1. The molecule has 0 saturated heterocycles. The number of likely N-dealkylation sites (N-methyl/N-ethyl adjacent to an activating group) is 1. The number of nitrogens with one attached hydrogen (secondary N) is 2. The zero-order chi connectivity index (χ0) is 21.9. The predicted molar refractivity (Wildman–Crippen MR) is 113 cm³/mol. The lowest BCUT2D eigenvalue weighted by Gasteiger charge is -2.23. The predicted octanol–water partition coefficient (Wildman–Crippen LogP) is 2.10. The summed E-state index contributed by atoms with van der Waals surface area (Å²) in [5.41, 5.74) is 1.66. The number of nitrogens with zero attached hydrogens (tertiary/aromatic N) is 1. The van der Waals surface area contributed by atoms with Crippen LogP contribution in [0.1, 0.15) is 44.6 Å². The Morgan fingerprint density at radius 1 is 0.897 bits per heavy atom. The van der Waals surface area contributed by atoms with Crippen LogP contribution >= 0.6 is 0 Å². The van der Waals surface area contributed by atoms with Crippen LogP contribution < -0.4 is 10.6 Å². The molecule has 0 aromatic heterocycles. The van der Waals surface area contributed by atoms with Gasteiger partial charge in [-0.05, 0) is 37.5 Å². The number of hydrogen-bond acceptors (Lipinski definition) is 4. The second-order valence-electron chi connectivity index (χ2n) is 8.38. The van der Waals surface area contributed by atoms with Crippen LogP contribution in [0.4, 0.5) is 5.69 Å². The molecule has 7 nitrogen and oxygen atoms in total. The molecule has 7 heteroatoms. The van der Waals surface area contributed by atoms with Crippen molar-refractivity contribution in [1.29, 1.82) is 0 Å². The van der Waals surface area contributed by atoms with Gasteiger partial charge in [-0.1, -0.05) is 12.1 Å². The first-order valence-electron chi connectivity index (χ1n) is 10.0. The maximum Gasteiger partial charge on any atom is 0.224 e. The van der Waals surface area contributed by atoms with Crippen molar-refractivity contribution in [2.45, 2.75) is 45.4 Å². The first kappa shape index (κ1) is 24.5. The monoisotopic (exact) mass is 404 g/mol. The summed E-state index contributed by atoms with van der Waals surface area (Å²) in [7, 11) is 6.20. The van der Waals surface area contributed by atoms with Gasteiger partial charge in [-0.3, -0.25) is 19.2 Å².